The molecule has 0 aromatic heterocycles. The molecular weight excluding hydrogens is 435 g/mol. The van der Waals surface area contributed by atoms with Crippen molar-refractivity contribution >= 4 is 41.6 Å². The third kappa shape index (κ3) is 6.26. The molecule has 1 fully saturated rings. The summed E-state index contributed by atoms with van der Waals surface area (Å²) in [6, 6.07) is 8.11. The monoisotopic (exact) mass is 462 g/mol. The van der Waals surface area contributed by atoms with E-state index in [-0.39, 0.29) is 29.9 Å². The fourth-order valence-corrected chi connectivity index (χ4v) is 2.69. The van der Waals surface area contributed by atoms with E-state index in [9.17, 15) is 4.79 Å². The quantitative estimate of drug-likeness (QED) is 0.310. The Bertz CT molecular complexity index is 575. The number of aliphatic imine (C=N–C) groups is 1. The van der Waals surface area contributed by atoms with Gasteiger partial charge in [-0.05, 0) is 12.1 Å². The molecule has 1 aliphatic heterocycles. The summed E-state index contributed by atoms with van der Waals surface area (Å²) in [5, 5.41) is 3.21. The molecule has 0 radical (unpaired) electrons. The first kappa shape index (κ1) is 21.3. The van der Waals surface area contributed by atoms with Gasteiger partial charge >= 0.3 is 5.97 Å². The highest BCUT2D eigenvalue weighted by Crippen LogP contribution is 2.22. The van der Waals surface area contributed by atoms with Crippen LogP contribution in [-0.2, 0) is 9.53 Å². The van der Waals surface area contributed by atoms with E-state index in [1.807, 2.05) is 12.1 Å². The zero-order valence-corrected chi connectivity index (χ0v) is 17.4. The number of esters is 1. The molecular formula is C17H27IN4O3. The molecule has 0 saturated carbocycles. The summed E-state index contributed by atoms with van der Waals surface area (Å²) < 4.78 is 9.94. The van der Waals surface area contributed by atoms with Crippen LogP contribution >= 0.6 is 24.0 Å². The standard InChI is InChI=1S/C17H26N4O3.HI/c1-18-17(19-8-7-16(22)24-3)21-11-9-20(10-12-21)14-5-4-6-15(13-14)23-2;/h4-6,13H,7-12H2,1-3H3,(H,18,19);1H. The second-order valence-corrected chi connectivity index (χ2v) is 5.48. The van der Waals surface area contributed by atoms with Gasteiger partial charge in [-0.3, -0.25) is 9.79 Å². The van der Waals surface area contributed by atoms with Gasteiger partial charge in [0.25, 0.3) is 0 Å². The third-order valence-corrected chi connectivity index (χ3v) is 4.05. The van der Waals surface area contributed by atoms with Crippen molar-refractivity contribution in [2.45, 2.75) is 6.42 Å². The number of halogens is 1. The number of nitrogens with zero attached hydrogens (tertiary/aromatic N) is 3. The fraction of sp³-hybridized carbons (Fsp3) is 0.529. The highest BCUT2D eigenvalue weighted by Gasteiger charge is 2.20. The van der Waals surface area contributed by atoms with Crippen LogP contribution in [0.3, 0.4) is 0 Å². The predicted octanol–water partition coefficient (Wildman–Crippen LogP) is 1.57. The Morgan fingerprint density at radius 2 is 1.96 bits per heavy atom. The Morgan fingerprint density at radius 3 is 2.56 bits per heavy atom. The van der Waals surface area contributed by atoms with Crippen LogP contribution in [0.4, 0.5) is 5.69 Å². The largest absolute Gasteiger partial charge is 0.497 e. The molecule has 0 amide bonds. The number of carbonyl (C=O) groups excluding carboxylic acids is 1. The summed E-state index contributed by atoms with van der Waals surface area (Å²) in [7, 11) is 4.84. The van der Waals surface area contributed by atoms with E-state index < -0.39 is 0 Å². The van der Waals surface area contributed by atoms with Gasteiger partial charge in [0, 0.05) is 51.5 Å². The van der Waals surface area contributed by atoms with Gasteiger partial charge in [-0.25, -0.2) is 0 Å². The Kier molecular flexibility index (Phi) is 9.40. The second-order valence-electron chi connectivity index (χ2n) is 5.48. The van der Waals surface area contributed by atoms with E-state index >= 15 is 0 Å². The minimum absolute atomic E-state index is 0. The van der Waals surface area contributed by atoms with E-state index in [2.05, 4.69) is 37.0 Å². The Hall–Kier alpha value is -1.71. The summed E-state index contributed by atoms with van der Waals surface area (Å²) in [4.78, 5) is 20.0. The van der Waals surface area contributed by atoms with Gasteiger partial charge in [0.15, 0.2) is 5.96 Å². The van der Waals surface area contributed by atoms with Crippen molar-refractivity contribution in [2.24, 2.45) is 4.99 Å². The van der Waals surface area contributed by atoms with E-state index in [1.165, 1.54) is 12.8 Å². The summed E-state index contributed by atoms with van der Waals surface area (Å²) in [6.45, 7) is 4.08. The zero-order valence-electron chi connectivity index (χ0n) is 15.0. The molecule has 7 nitrogen and oxygen atoms in total. The number of piperazine rings is 1. The maximum Gasteiger partial charge on any atom is 0.307 e. The molecule has 0 atom stereocenters. The first-order valence-electron chi connectivity index (χ1n) is 8.09. The van der Waals surface area contributed by atoms with E-state index in [1.54, 1.807) is 14.2 Å². The normalized spacial score (nSPS) is 14.6. The van der Waals surface area contributed by atoms with Crippen molar-refractivity contribution in [1.29, 1.82) is 0 Å². The number of nitrogens with one attached hydrogen (secondary N) is 1. The SMILES string of the molecule is CN=C(NCCC(=O)OC)N1CCN(c2cccc(OC)c2)CC1.I. The van der Waals surface area contributed by atoms with Gasteiger partial charge < -0.3 is 24.6 Å². The molecule has 0 bridgehead atoms. The molecule has 1 aromatic carbocycles. The Morgan fingerprint density at radius 1 is 1.24 bits per heavy atom. The van der Waals surface area contributed by atoms with Crippen LogP contribution in [-0.4, -0.2) is 70.8 Å². The summed E-state index contributed by atoms with van der Waals surface area (Å²) in [5.74, 6) is 1.47. The number of hydrogen-bond acceptors (Lipinski definition) is 5. The molecule has 1 heterocycles. The molecule has 1 aromatic rings. The van der Waals surface area contributed by atoms with E-state index in [0.717, 1.165) is 37.9 Å². The van der Waals surface area contributed by atoms with Gasteiger partial charge in [0.2, 0.25) is 0 Å². The van der Waals surface area contributed by atoms with Crippen molar-refractivity contribution in [3.8, 4) is 5.75 Å². The van der Waals surface area contributed by atoms with Gasteiger partial charge in [-0.15, -0.1) is 24.0 Å². The molecule has 8 heteroatoms. The van der Waals surface area contributed by atoms with Crippen molar-refractivity contribution in [1.82, 2.24) is 10.2 Å². The number of carbonyl (C=O) groups is 1. The summed E-state index contributed by atoms with van der Waals surface area (Å²) in [6.07, 6.45) is 0.333. The molecule has 2 rings (SSSR count). The first-order valence-corrected chi connectivity index (χ1v) is 8.09. The average molecular weight is 462 g/mol. The molecule has 0 spiro atoms. The fourth-order valence-electron chi connectivity index (χ4n) is 2.69. The molecule has 1 saturated heterocycles. The topological polar surface area (TPSA) is 66.4 Å². The van der Waals surface area contributed by atoms with Crippen molar-refractivity contribution < 1.29 is 14.3 Å². The van der Waals surface area contributed by atoms with Crippen LogP contribution in [0.25, 0.3) is 0 Å². The van der Waals surface area contributed by atoms with Crippen LogP contribution < -0.4 is 15.0 Å². The van der Waals surface area contributed by atoms with Gasteiger partial charge in [-0.2, -0.15) is 0 Å². The minimum Gasteiger partial charge on any atom is -0.497 e. The minimum atomic E-state index is -0.221. The third-order valence-electron chi connectivity index (χ3n) is 4.05. The number of guanidine groups is 1. The lowest BCUT2D eigenvalue weighted by molar-refractivity contribution is -0.140. The lowest BCUT2D eigenvalue weighted by Crippen LogP contribution is -2.52. The zero-order chi connectivity index (χ0) is 17.4. The highest BCUT2D eigenvalue weighted by molar-refractivity contribution is 14.0. The molecule has 25 heavy (non-hydrogen) atoms. The number of anilines is 1. The van der Waals surface area contributed by atoms with Gasteiger partial charge in [0.1, 0.15) is 5.75 Å². The van der Waals surface area contributed by atoms with Crippen LogP contribution in [0.1, 0.15) is 6.42 Å². The smallest absolute Gasteiger partial charge is 0.307 e. The lowest BCUT2D eigenvalue weighted by atomic mass is 10.2. The maximum atomic E-state index is 11.2. The van der Waals surface area contributed by atoms with Gasteiger partial charge in [-0.1, -0.05) is 6.07 Å². The number of hydrogen-bond donors (Lipinski definition) is 1. The van der Waals surface area contributed by atoms with Crippen LogP contribution in [0, 0.1) is 0 Å². The predicted molar refractivity (Wildman–Crippen MR) is 110 cm³/mol. The van der Waals surface area contributed by atoms with E-state index in [0.29, 0.717) is 13.0 Å². The first-order chi connectivity index (χ1) is 11.7. The Balaban J connectivity index is 0.00000312. The molecule has 0 unspecified atom stereocenters. The summed E-state index contributed by atoms with van der Waals surface area (Å²) >= 11 is 0. The average Bonchev–Trinajstić information content (AvgIpc) is 2.65. The van der Waals surface area contributed by atoms with Crippen molar-refractivity contribution in [2.75, 3.05) is 58.9 Å². The maximum absolute atomic E-state index is 11.2. The molecule has 1 N–H and O–H groups in total. The summed E-state index contributed by atoms with van der Waals surface area (Å²) in [5.41, 5.74) is 1.17. The molecule has 1 aliphatic rings. The molecule has 140 valence electrons. The van der Waals surface area contributed by atoms with Gasteiger partial charge in [0.05, 0.1) is 20.6 Å². The molecule has 0 aliphatic carbocycles. The number of benzene rings is 1. The lowest BCUT2D eigenvalue weighted by Gasteiger charge is -2.37. The van der Waals surface area contributed by atoms with Crippen LogP contribution in [0.5, 0.6) is 5.75 Å². The van der Waals surface area contributed by atoms with Crippen LogP contribution in [0.2, 0.25) is 0 Å². The van der Waals surface area contributed by atoms with E-state index in [4.69, 9.17) is 4.74 Å². The second kappa shape index (κ2) is 11.0. The Labute approximate surface area is 166 Å². The number of rotatable bonds is 5. The highest BCUT2D eigenvalue weighted by atomic mass is 127. The van der Waals surface area contributed by atoms with Crippen molar-refractivity contribution in [3.05, 3.63) is 24.3 Å². The van der Waals surface area contributed by atoms with Crippen molar-refractivity contribution in [3.63, 3.8) is 0 Å². The number of ether oxygens (including phenoxy) is 2. The number of methoxy groups -OCH3 is 2. The van der Waals surface area contributed by atoms with Crippen LogP contribution in [0.15, 0.2) is 29.3 Å².